The fraction of sp³-hybridized carbons (Fsp3) is 0.667. The molecule has 3 aliphatic carbocycles. The largest absolute Gasteiger partial charge is 0.462 e. The minimum absolute atomic E-state index is 0.0474. The molecule has 32 heavy (non-hydrogen) atoms. The Kier molecular flexibility index (Phi) is 6.98. The van der Waals surface area contributed by atoms with Crippen LogP contribution in [0.1, 0.15) is 79.6 Å². The lowest BCUT2D eigenvalue weighted by atomic mass is 9.67. The van der Waals surface area contributed by atoms with Gasteiger partial charge in [0.2, 0.25) is 0 Å². The highest BCUT2D eigenvalue weighted by molar-refractivity contribution is 7.17. The molecule has 0 aromatic carbocycles. The molecule has 2 saturated carbocycles. The van der Waals surface area contributed by atoms with Gasteiger partial charge in [0, 0.05) is 16.7 Å². The van der Waals surface area contributed by atoms with Crippen LogP contribution in [0, 0.1) is 17.8 Å². The summed E-state index contributed by atoms with van der Waals surface area (Å²) in [7, 11) is 0. The van der Waals surface area contributed by atoms with Crippen LogP contribution in [0.5, 0.6) is 0 Å². The van der Waals surface area contributed by atoms with Crippen LogP contribution >= 0.6 is 11.3 Å². The van der Waals surface area contributed by atoms with Gasteiger partial charge in [-0.1, -0.05) is 6.42 Å². The lowest BCUT2D eigenvalue weighted by Crippen LogP contribution is -2.41. The van der Waals surface area contributed by atoms with Gasteiger partial charge in [-0.3, -0.25) is 14.4 Å². The maximum atomic E-state index is 12.8. The number of thiophene rings is 1. The lowest BCUT2D eigenvalue weighted by Gasteiger charge is -2.36. The molecule has 0 saturated heterocycles. The number of carbonyl (C=O) groups excluding carboxylic acids is 4. The van der Waals surface area contributed by atoms with Crippen molar-refractivity contribution >= 4 is 40.0 Å². The number of Topliss-reactive ketones (excluding diaryl/α,β-unsaturated/α-hetero) is 1. The number of fused-ring (bicyclic) bond motifs is 3. The van der Waals surface area contributed by atoms with E-state index in [1.54, 1.807) is 13.8 Å². The van der Waals surface area contributed by atoms with Crippen molar-refractivity contribution in [1.82, 2.24) is 0 Å². The van der Waals surface area contributed by atoms with Crippen molar-refractivity contribution in [2.75, 3.05) is 11.9 Å². The number of hydrogen-bond acceptors (Lipinski definition) is 7. The Morgan fingerprint density at radius 2 is 1.78 bits per heavy atom. The molecular formula is C24H31NO6S. The first kappa shape index (κ1) is 23.0. The second-order valence-corrected chi connectivity index (χ2v) is 10.2. The van der Waals surface area contributed by atoms with Gasteiger partial charge in [-0.15, -0.1) is 11.3 Å². The summed E-state index contributed by atoms with van der Waals surface area (Å²) >= 11 is 1.41. The molecule has 1 heterocycles. The Hall–Kier alpha value is -2.22. The summed E-state index contributed by atoms with van der Waals surface area (Å²) in [5, 5.41) is 3.28. The Balaban J connectivity index is 1.42. The van der Waals surface area contributed by atoms with Gasteiger partial charge in [0.1, 0.15) is 10.8 Å². The Bertz CT molecular complexity index is 906. The molecule has 0 aliphatic heterocycles. The molecule has 3 aliphatic rings. The van der Waals surface area contributed by atoms with Crippen molar-refractivity contribution < 1.29 is 28.7 Å². The van der Waals surface area contributed by atoms with E-state index in [0.717, 1.165) is 55.4 Å². The molecule has 4 rings (SSSR count). The van der Waals surface area contributed by atoms with Crippen molar-refractivity contribution in [3.8, 4) is 0 Å². The first-order valence-corrected chi connectivity index (χ1v) is 12.6. The second-order valence-electron chi connectivity index (χ2n) is 9.10. The molecule has 174 valence electrons. The van der Waals surface area contributed by atoms with E-state index < -0.39 is 23.9 Å². The van der Waals surface area contributed by atoms with Gasteiger partial charge in [0.15, 0.2) is 6.10 Å². The molecule has 8 heteroatoms. The minimum Gasteiger partial charge on any atom is -0.462 e. The van der Waals surface area contributed by atoms with Crippen molar-refractivity contribution in [3.05, 3.63) is 16.0 Å². The van der Waals surface area contributed by atoms with Crippen LogP contribution < -0.4 is 5.32 Å². The number of aryl methyl sites for hydroxylation is 1. The van der Waals surface area contributed by atoms with E-state index in [1.165, 1.54) is 11.3 Å². The molecule has 3 unspecified atom stereocenters. The summed E-state index contributed by atoms with van der Waals surface area (Å²) in [4.78, 5) is 51.5. The molecule has 7 nitrogen and oxygen atoms in total. The normalized spacial score (nSPS) is 25.4. The Labute approximate surface area is 192 Å². The molecule has 1 aromatic heterocycles. The van der Waals surface area contributed by atoms with Crippen molar-refractivity contribution in [2.24, 2.45) is 17.8 Å². The molecule has 1 N–H and O–H groups in total. The molecule has 3 atom stereocenters. The number of carbonyl (C=O) groups is 4. The van der Waals surface area contributed by atoms with Crippen molar-refractivity contribution in [1.29, 1.82) is 0 Å². The predicted molar refractivity (Wildman–Crippen MR) is 120 cm³/mol. The molecule has 1 amide bonds. The molecule has 2 fully saturated rings. The standard InChI is InChI=1S/C24H31NO6S/c1-3-30-24(29)19-17-9-4-5-10-18(17)32-22(19)25-21(27)13(2)31-23(28)16-11-14-7-6-8-15(12-16)20(14)26/h13-16H,3-12H2,1-2H3,(H,25,27). The summed E-state index contributed by atoms with van der Waals surface area (Å²) < 4.78 is 10.7. The number of anilines is 1. The van der Waals surface area contributed by atoms with E-state index in [2.05, 4.69) is 5.32 Å². The predicted octanol–water partition coefficient (Wildman–Crippen LogP) is 4.07. The van der Waals surface area contributed by atoms with Crippen LogP contribution in [-0.4, -0.2) is 36.3 Å². The number of nitrogens with one attached hydrogen (secondary N) is 1. The number of rotatable bonds is 6. The SMILES string of the molecule is CCOC(=O)c1c(NC(=O)C(C)OC(=O)C2CC3CCCC(C2)C3=O)sc2c1CCCC2. The van der Waals surface area contributed by atoms with E-state index in [0.29, 0.717) is 29.2 Å². The van der Waals surface area contributed by atoms with Crippen LogP contribution in [0.25, 0.3) is 0 Å². The summed E-state index contributed by atoms with van der Waals surface area (Å²) in [6.07, 6.45) is 6.51. The summed E-state index contributed by atoms with van der Waals surface area (Å²) in [5.41, 5.74) is 1.41. The zero-order valence-electron chi connectivity index (χ0n) is 18.7. The van der Waals surface area contributed by atoms with Crippen LogP contribution in [0.15, 0.2) is 0 Å². The highest BCUT2D eigenvalue weighted by Crippen LogP contribution is 2.41. The van der Waals surface area contributed by atoms with Gasteiger partial charge in [0.05, 0.1) is 18.1 Å². The van der Waals surface area contributed by atoms with Crippen LogP contribution in [0.3, 0.4) is 0 Å². The van der Waals surface area contributed by atoms with Gasteiger partial charge < -0.3 is 14.8 Å². The van der Waals surface area contributed by atoms with Crippen LogP contribution in [0.4, 0.5) is 5.00 Å². The topological polar surface area (TPSA) is 98.8 Å². The van der Waals surface area contributed by atoms with Crippen molar-refractivity contribution in [3.63, 3.8) is 0 Å². The van der Waals surface area contributed by atoms with E-state index in [-0.39, 0.29) is 24.4 Å². The summed E-state index contributed by atoms with van der Waals surface area (Å²) in [5.74, 6) is -1.43. The average molecular weight is 462 g/mol. The van der Waals surface area contributed by atoms with Crippen LogP contribution in [-0.2, 0) is 36.7 Å². The van der Waals surface area contributed by atoms with E-state index >= 15 is 0 Å². The van der Waals surface area contributed by atoms with Crippen LogP contribution in [0.2, 0.25) is 0 Å². The summed E-state index contributed by atoms with van der Waals surface area (Å²) in [6.45, 7) is 3.56. The Morgan fingerprint density at radius 3 is 2.47 bits per heavy atom. The second kappa shape index (κ2) is 9.73. The summed E-state index contributed by atoms with van der Waals surface area (Å²) in [6, 6.07) is 0. The zero-order valence-corrected chi connectivity index (χ0v) is 19.6. The smallest absolute Gasteiger partial charge is 0.341 e. The third kappa shape index (κ3) is 4.60. The third-order valence-electron chi connectivity index (χ3n) is 6.93. The molecule has 0 radical (unpaired) electrons. The number of ether oxygens (including phenoxy) is 2. The first-order valence-electron chi connectivity index (χ1n) is 11.8. The maximum Gasteiger partial charge on any atom is 0.341 e. The fourth-order valence-electron chi connectivity index (χ4n) is 5.28. The molecular weight excluding hydrogens is 430 g/mol. The Morgan fingerprint density at radius 1 is 1.09 bits per heavy atom. The third-order valence-corrected chi connectivity index (χ3v) is 8.14. The zero-order chi connectivity index (χ0) is 22.8. The number of esters is 2. The average Bonchev–Trinajstić information content (AvgIpc) is 3.11. The van der Waals surface area contributed by atoms with Gasteiger partial charge in [-0.2, -0.15) is 0 Å². The van der Waals surface area contributed by atoms with Gasteiger partial charge in [-0.25, -0.2) is 4.79 Å². The molecule has 0 spiro atoms. The van der Waals surface area contributed by atoms with E-state index in [4.69, 9.17) is 9.47 Å². The number of hydrogen-bond donors (Lipinski definition) is 1. The highest BCUT2D eigenvalue weighted by Gasteiger charge is 2.42. The fourth-order valence-corrected chi connectivity index (χ4v) is 6.56. The minimum atomic E-state index is -0.992. The first-order chi connectivity index (χ1) is 15.4. The van der Waals surface area contributed by atoms with E-state index in [9.17, 15) is 19.2 Å². The quantitative estimate of drug-likeness (QED) is 0.641. The molecule has 1 aromatic rings. The van der Waals surface area contributed by atoms with E-state index in [1.807, 2.05) is 0 Å². The van der Waals surface area contributed by atoms with Gasteiger partial charge in [-0.05, 0) is 70.8 Å². The lowest BCUT2D eigenvalue weighted by molar-refractivity contribution is -0.161. The number of ketones is 1. The monoisotopic (exact) mass is 461 g/mol. The maximum absolute atomic E-state index is 12.8. The molecule has 2 bridgehead atoms. The van der Waals surface area contributed by atoms with Gasteiger partial charge in [0.25, 0.3) is 5.91 Å². The van der Waals surface area contributed by atoms with Gasteiger partial charge >= 0.3 is 11.9 Å². The highest BCUT2D eigenvalue weighted by atomic mass is 32.1. The van der Waals surface area contributed by atoms with Crippen molar-refractivity contribution in [2.45, 2.75) is 77.7 Å². The number of amides is 1.